The Balaban J connectivity index is 1.95. The van der Waals surface area contributed by atoms with E-state index < -0.39 is 10.0 Å². The summed E-state index contributed by atoms with van der Waals surface area (Å²) in [5, 5.41) is 0.742. The van der Waals surface area contributed by atoms with Gasteiger partial charge in [-0.3, -0.25) is 4.72 Å². The maximum Gasteiger partial charge on any atom is 0.229 e. The van der Waals surface area contributed by atoms with Gasteiger partial charge in [-0.1, -0.05) is 54.1 Å². The molecule has 0 bridgehead atoms. The van der Waals surface area contributed by atoms with Gasteiger partial charge in [0.1, 0.15) is 0 Å². The number of aryl methyl sites for hydroxylation is 2. The molecule has 0 heterocycles. The first-order valence-corrected chi connectivity index (χ1v) is 11.7. The molecule has 0 atom stereocenters. The number of fused-ring (bicyclic) bond motifs is 2. The summed E-state index contributed by atoms with van der Waals surface area (Å²) < 4.78 is 25.9. The molecule has 0 saturated carbocycles. The Hall–Kier alpha value is -2.56. The van der Waals surface area contributed by atoms with Crippen LogP contribution in [0, 0.1) is 0 Å². The Morgan fingerprint density at radius 1 is 0.897 bits per heavy atom. The lowest BCUT2D eigenvalue weighted by atomic mass is 9.88. The van der Waals surface area contributed by atoms with Crippen LogP contribution in [0.25, 0.3) is 11.1 Å². The number of hydrogen-bond donors (Lipinski definition) is 1. The second kappa shape index (κ2) is 7.69. The van der Waals surface area contributed by atoms with E-state index in [0.29, 0.717) is 5.69 Å². The largest absolute Gasteiger partial charge is 0.284 e. The quantitative estimate of drug-likeness (QED) is 0.579. The molecule has 3 nitrogen and oxygen atoms in total. The molecule has 0 spiro atoms. The molecule has 3 aromatic carbocycles. The molecule has 0 aliphatic heterocycles. The van der Waals surface area contributed by atoms with E-state index >= 15 is 0 Å². The van der Waals surface area contributed by atoms with Crippen LogP contribution in [0.2, 0.25) is 5.02 Å². The van der Waals surface area contributed by atoms with Gasteiger partial charge in [0, 0.05) is 10.7 Å². The Labute approximate surface area is 177 Å². The molecular weight excluding hydrogens is 402 g/mol. The Bertz CT molecular complexity index is 1230. The lowest BCUT2D eigenvalue weighted by Gasteiger charge is -2.17. The lowest BCUT2D eigenvalue weighted by Crippen LogP contribution is -2.09. The maximum atomic E-state index is 11.7. The summed E-state index contributed by atoms with van der Waals surface area (Å²) in [6.07, 6.45) is 3.04. The van der Waals surface area contributed by atoms with Gasteiger partial charge in [0.25, 0.3) is 0 Å². The van der Waals surface area contributed by atoms with Gasteiger partial charge < -0.3 is 0 Å². The van der Waals surface area contributed by atoms with E-state index in [1.165, 1.54) is 27.8 Å². The molecule has 0 aromatic heterocycles. The highest BCUT2D eigenvalue weighted by Crippen LogP contribution is 2.39. The van der Waals surface area contributed by atoms with Gasteiger partial charge >= 0.3 is 0 Å². The molecule has 0 radical (unpaired) electrons. The van der Waals surface area contributed by atoms with Crippen molar-refractivity contribution in [2.75, 3.05) is 11.0 Å². The fourth-order valence-corrected chi connectivity index (χ4v) is 4.74. The number of allylic oxidation sites excluding steroid dienone is 1. The summed E-state index contributed by atoms with van der Waals surface area (Å²) in [6.45, 7) is 2.09. The highest BCUT2D eigenvalue weighted by molar-refractivity contribution is 7.92. The third-order valence-corrected chi connectivity index (χ3v) is 6.10. The van der Waals surface area contributed by atoms with E-state index in [1.807, 2.05) is 24.3 Å². The van der Waals surface area contributed by atoms with Gasteiger partial charge in [0.15, 0.2) is 0 Å². The van der Waals surface area contributed by atoms with E-state index in [-0.39, 0.29) is 0 Å². The van der Waals surface area contributed by atoms with Crippen molar-refractivity contribution in [1.82, 2.24) is 0 Å². The fraction of sp³-hybridized carbons (Fsp3) is 0.167. The predicted octanol–water partition coefficient (Wildman–Crippen LogP) is 5.79. The number of anilines is 1. The minimum atomic E-state index is -3.33. The molecule has 1 aliphatic rings. The number of rotatable bonds is 3. The van der Waals surface area contributed by atoms with Crippen LogP contribution < -0.4 is 4.72 Å². The van der Waals surface area contributed by atoms with Crippen LogP contribution in [0.4, 0.5) is 5.69 Å². The average Bonchev–Trinajstić information content (AvgIpc) is 2.83. The molecule has 0 amide bonds. The van der Waals surface area contributed by atoms with Crippen molar-refractivity contribution in [2.45, 2.75) is 19.8 Å². The summed E-state index contributed by atoms with van der Waals surface area (Å²) >= 11 is 6.29. The smallest absolute Gasteiger partial charge is 0.229 e. The molecule has 5 heteroatoms. The summed E-state index contributed by atoms with van der Waals surface area (Å²) in [6, 6.07) is 22.1. The first kappa shape index (κ1) is 19.7. The number of nitrogens with one attached hydrogen (secondary N) is 1. The fourth-order valence-electron chi connectivity index (χ4n) is 3.99. The van der Waals surface area contributed by atoms with Crippen LogP contribution >= 0.6 is 11.6 Å². The van der Waals surface area contributed by atoms with Crippen LogP contribution in [0.1, 0.15) is 34.7 Å². The highest BCUT2D eigenvalue weighted by Gasteiger charge is 2.21. The van der Waals surface area contributed by atoms with Crippen molar-refractivity contribution in [3.05, 3.63) is 99.6 Å². The standard InChI is InChI=1S/C24H22ClNO2S/c1-16(18-7-5-8-21(15-18)26-29(2,27)28)24-22-9-4-3-6-17(22)10-11-19-14-20(25)12-13-23(19)24/h3-9,12-15,26H,10-11H2,1-2H3/b24-16-. The van der Waals surface area contributed by atoms with E-state index in [2.05, 4.69) is 48.0 Å². The first-order chi connectivity index (χ1) is 13.8. The second-order valence-corrected chi connectivity index (χ2v) is 9.60. The van der Waals surface area contributed by atoms with Crippen LogP contribution in [0.3, 0.4) is 0 Å². The molecule has 0 fully saturated rings. The van der Waals surface area contributed by atoms with E-state index in [0.717, 1.165) is 35.3 Å². The molecular formula is C24H22ClNO2S. The SMILES string of the molecule is C/C(=C1\c2ccccc2CCc2cc(Cl)ccc21)c1cccc(NS(C)(=O)=O)c1. The molecule has 1 N–H and O–H groups in total. The van der Waals surface area contributed by atoms with Gasteiger partial charge in [-0.25, -0.2) is 8.42 Å². The van der Waals surface area contributed by atoms with E-state index in [4.69, 9.17) is 11.6 Å². The predicted molar refractivity (Wildman–Crippen MR) is 122 cm³/mol. The van der Waals surface area contributed by atoms with E-state index in [9.17, 15) is 8.42 Å². The molecule has 3 aromatic rings. The molecule has 29 heavy (non-hydrogen) atoms. The summed E-state index contributed by atoms with van der Waals surface area (Å²) in [7, 11) is -3.33. The number of sulfonamides is 1. The van der Waals surface area contributed by atoms with Crippen LogP contribution in [-0.2, 0) is 22.9 Å². The summed E-state index contributed by atoms with van der Waals surface area (Å²) in [5.74, 6) is 0. The normalized spacial score (nSPS) is 15.1. The van der Waals surface area contributed by atoms with Gasteiger partial charge in [0.2, 0.25) is 10.0 Å². The van der Waals surface area contributed by atoms with Crippen molar-refractivity contribution in [3.8, 4) is 0 Å². The minimum Gasteiger partial charge on any atom is -0.284 e. The van der Waals surface area contributed by atoms with Crippen molar-refractivity contribution in [3.63, 3.8) is 0 Å². The van der Waals surface area contributed by atoms with Crippen molar-refractivity contribution in [2.24, 2.45) is 0 Å². The first-order valence-electron chi connectivity index (χ1n) is 9.48. The molecule has 148 valence electrons. The third-order valence-electron chi connectivity index (χ3n) is 5.26. The maximum absolute atomic E-state index is 11.7. The molecule has 4 rings (SSSR count). The van der Waals surface area contributed by atoms with Crippen molar-refractivity contribution in [1.29, 1.82) is 0 Å². The van der Waals surface area contributed by atoms with Crippen molar-refractivity contribution >= 4 is 38.5 Å². The molecule has 1 aliphatic carbocycles. The van der Waals surface area contributed by atoms with Gasteiger partial charge in [-0.2, -0.15) is 0 Å². The zero-order chi connectivity index (χ0) is 20.6. The summed E-state index contributed by atoms with van der Waals surface area (Å²) in [4.78, 5) is 0. The van der Waals surface area contributed by atoms with Crippen LogP contribution in [0.15, 0.2) is 66.7 Å². The average molecular weight is 424 g/mol. The van der Waals surface area contributed by atoms with Crippen LogP contribution in [0.5, 0.6) is 0 Å². The topological polar surface area (TPSA) is 46.2 Å². The Morgan fingerprint density at radius 3 is 2.41 bits per heavy atom. The van der Waals surface area contributed by atoms with Gasteiger partial charge in [-0.05, 0) is 83.0 Å². The van der Waals surface area contributed by atoms with E-state index in [1.54, 1.807) is 6.07 Å². The molecule has 0 unspecified atom stereocenters. The number of benzene rings is 3. The lowest BCUT2D eigenvalue weighted by molar-refractivity contribution is 0.607. The Morgan fingerprint density at radius 2 is 1.62 bits per heavy atom. The highest BCUT2D eigenvalue weighted by atomic mass is 35.5. The zero-order valence-electron chi connectivity index (χ0n) is 16.4. The molecule has 0 saturated heterocycles. The van der Waals surface area contributed by atoms with Gasteiger partial charge in [-0.15, -0.1) is 0 Å². The third kappa shape index (κ3) is 4.24. The Kier molecular flexibility index (Phi) is 5.24. The van der Waals surface area contributed by atoms with Crippen LogP contribution in [-0.4, -0.2) is 14.7 Å². The second-order valence-electron chi connectivity index (χ2n) is 7.41. The van der Waals surface area contributed by atoms with Crippen molar-refractivity contribution < 1.29 is 8.42 Å². The summed E-state index contributed by atoms with van der Waals surface area (Å²) in [5.41, 5.74) is 8.73. The number of halogens is 1. The number of hydrogen-bond acceptors (Lipinski definition) is 2. The monoisotopic (exact) mass is 423 g/mol. The van der Waals surface area contributed by atoms with Gasteiger partial charge in [0.05, 0.1) is 6.26 Å². The minimum absolute atomic E-state index is 0.559. The zero-order valence-corrected chi connectivity index (χ0v) is 17.9.